The van der Waals surface area contributed by atoms with Crippen molar-refractivity contribution in [3.8, 4) is 34.5 Å². The highest BCUT2D eigenvalue weighted by molar-refractivity contribution is 5.58. The zero-order chi connectivity index (χ0) is 35.0. The van der Waals surface area contributed by atoms with Crippen molar-refractivity contribution in [3.63, 3.8) is 0 Å². The fraction of sp³-hybridized carbons (Fsp3) is 0.600. The maximum Gasteiger partial charge on any atom is 0.161 e. The van der Waals surface area contributed by atoms with Crippen LogP contribution in [0, 0.1) is 17.8 Å². The van der Waals surface area contributed by atoms with Crippen LogP contribution >= 0.6 is 0 Å². The van der Waals surface area contributed by atoms with E-state index in [4.69, 9.17) is 28.4 Å². The summed E-state index contributed by atoms with van der Waals surface area (Å²) < 4.78 is 37.7. The van der Waals surface area contributed by atoms with E-state index in [1.165, 1.54) is 130 Å². The minimum Gasteiger partial charge on any atom is -0.493 e. The lowest BCUT2D eigenvalue weighted by Crippen LogP contribution is -2.16. The van der Waals surface area contributed by atoms with E-state index in [1.807, 2.05) is 0 Å². The summed E-state index contributed by atoms with van der Waals surface area (Å²) in [6.07, 6.45) is 21.6. The van der Waals surface area contributed by atoms with Gasteiger partial charge in [0.1, 0.15) is 0 Å². The summed E-state index contributed by atoms with van der Waals surface area (Å²) in [7, 11) is 5.28. The molecule has 3 fully saturated rings. The van der Waals surface area contributed by atoms with Crippen LogP contribution in [0.3, 0.4) is 0 Å². The van der Waals surface area contributed by atoms with E-state index in [0.29, 0.717) is 17.8 Å². The van der Waals surface area contributed by atoms with E-state index < -0.39 is 0 Å². The van der Waals surface area contributed by atoms with Crippen LogP contribution in [0.5, 0.6) is 34.5 Å². The first kappa shape index (κ1) is 35.8. The van der Waals surface area contributed by atoms with Crippen LogP contribution in [0.15, 0.2) is 36.4 Å². The van der Waals surface area contributed by atoms with Gasteiger partial charge in [0.05, 0.1) is 41.2 Å². The highest BCUT2D eigenvalue weighted by Gasteiger charge is 2.25. The Labute approximate surface area is 306 Å². The highest BCUT2D eigenvalue weighted by atomic mass is 16.5. The molecule has 3 saturated carbocycles. The Hall–Kier alpha value is -3.54. The molecule has 0 N–H and O–H groups in total. The molecule has 4 aliphatic carbocycles. The van der Waals surface area contributed by atoms with Gasteiger partial charge in [-0.25, -0.2) is 0 Å². The van der Waals surface area contributed by atoms with Crippen LogP contribution in [0.25, 0.3) is 0 Å². The maximum atomic E-state index is 6.58. The molecule has 0 saturated heterocycles. The van der Waals surface area contributed by atoms with E-state index in [0.717, 1.165) is 73.6 Å². The molecule has 6 heteroatoms. The van der Waals surface area contributed by atoms with Crippen LogP contribution < -0.4 is 28.4 Å². The second-order valence-electron chi connectivity index (χ2n) is 15.8. The predicted octanol–water partition coefficient (Wildman–Crippen LogP) is 10.7. The Kier molecular flexibility index (Phi) is 12.2. The molecule has 0 atom stereocenters. The molecule has 0 bridgehead atoms. The quantitative estimate of drug-likeness (QED) is 0.147. The molecule has 0 aromatic heterocycles. The molecule has 276 valence electrons. The molecule has 6 nitrogen and oxygen atoms in total. The predicted molar refractivity (Wildman–Crippen MR) is 204 cm³/mol. The Balaban J connectivity index is 1.26. The van der Waals surface area contributed by atoms with Crippen molar-refractivity contribution >= 4 is 0 Å². The third-order valence-corrected chi connectivity index (χ3v) is 12.2. The Morgan fingerprint density at radius 1 is 0.353 bits per heavy atom. The summed E-state index contributed by atoms with van der Waals surface area (Å²) in [6.45, 7) is 2.22. The summed E-state index contributed by atoms with van der Waals surface area (Å²) in [4.78, 5) is 0. The Morgan fingerprint density at radius 3 is 0.824 bits per heavy atom. The molecule has 0 amide bonds. The Bertz CT molecular complexity index is 1410. The molecule has 0 radical (unpaired) electrons. The van der Waals surface area contributed by atoms with Gasteiger partial charge >= 0.3 is 0 Å². The zero-order valence-corrected chi connectivity index (χ0v) is 31.5. The lowest BCUT2D eigenvalue weighted by molar-refractivity contribution is 0.202. The van der Waals surface area contributed by atoms with Gasteiger partial charge in [0.2, 0.25) is 0 Å². The van der Waals surface area contributed by atoms with Gasteiger partial charge in [-0.1, -0.05) is 57.8 Å². The molecule has 3 aromatic carbocycles. The lowest BCUT2D eigenvalue weighted by Gasteiger charge is -2.23. The monoisotopic (exact) mass is 696 g/mol. The molecule has 4 aliphatic rings. The number of rotatable bonds is 12. The summed E-state index contributed by atoms with van der Waals surface area (Å²) in [5.41, 5.74) is 7.48. The molecule has 3 aromatic rings. The standard InChI is InChI=1S/C45H60O6/c1-46-40-22-34-19-38-26-44(50-29-32-15-9-5-10-16-32)42(48-3)24-36(38)21-39-27-45(51-30-33-17-11-6-12-18-33)41(47-2)23-35(39)20-37(34)25-43(40)49-28-31-13-7-4-8-14-31/h22-27,31-33H,4-21,28-30H2,1-3H3. The van der Waals surface area contributed by atoms with E-state index in [9.17, 15) is 0 Å². The van der Waals surface area contributed by atoms with Crippen molar-refractivity contribution in [3.05, 3.63) is 69.8 Å². The lowest BCUT2D eigenvalue weighted by atomic mass is 9.90. The van der Waals surface area contributed by atoms with Gasteiger partial charge in [-0.2, -0.15) is 0 Å². The van der Waals surface area contributed by atoms with Crippen molar-refractivity contribution in [2.24, 2.45) is 17.8 Å². The first-order chi connectivity index (χ1) is 25.1. The highest BCUT2D eigenvalue weighted by Crippen LogP contribution is 2.42. The third-order valence-electron chi connectivity index (χ3n) is 12.2. The fourth-order valence-electron chi connectivity index (χ4n) is 9.04. The summed E-state index contributed by atoms with van der Waals surface area (Å²) in [6, 6.07) is 13.4. The van der Waals surface area contributed by atoms with Crippen LogP contribution in [0.4, 0.5) is 0 Å². The van der Waals surface area contributed by atoms with E-state index in [-0.39, 0.29) is 0 Å². The Morgan fingerprint density at radius 2 is 0.588 bits per heavy atom. The summed E-state index contributed by atoms with van der Waals surface area (Å²) in [5.74, 6) is 6.76. The van der Waals surface area contributed by atoms with Crippen LogP contribution in [0.2, 0.25) is 0 Å². The van der Waals surface area contributed by atoms with Crippen LogP contribution in [-0.2, 0) is 19.3 Å². The van der Waals surface area contributed by atoms with Crippen molar-refractivity contribution in [2.75, 3.05) is 41.2 Å². The van der Waals surface area contributed by atoms with Gasteiger partial charge < -0.3 is 28.4 Å². The number of hydrogen-bond donors (Lipinski definition) is 0. The van der Waals surface area contributed by atoms with E-state index in [2.05, 4.69) is 36.4 Å². The number of methoxy groups -OCH3 is 3. The minimum absolute atomic E-state index is 0.611. The van der Waals surface area contributed by atoms with Gasteiger partial charge in [0.15, 0.2) is 34.5 Å². The van der Waals surface area contributed by atoms with Crippen LogP contribution in [0.1, 0.15) is 130 Å². The molecule has 7 rings (SSSR count). The molecule has 0 aliphatic heterocycles. The molecule has 51 heavy (non-hydrogen) atoms. The molecule has 0 unspecified atom stereocenters. The smallest absolute Gasteiger partial charge is 0.161 e. The number of fused-ring (bicyclic) bond motifs is 3. The average molecular weight is 697 g/mol. The maximum absolute atomic E-state index is 6.58. The summed E-state index contributed by atoms with van der Waals surface area (Å²) in [5, 5.41) is 0. The van der Waals surface area contributed by atoms with E-state index in [1.54, 1.807) is 21.3 Å². The van der Waals surface area contributed by atoms with Crippen molar-refractivity contribution in [2.45, 2.75) is 116 Å². The topological polar surface area (TPSA) is 55.4 Å². The second kappa shape index (κ2) is 17.3. The van der Waals surface area contributed by atoms with Crippen molar-refractivity contribution in [1.82, 2.24) is 0 Å². The van der Waals surface area contributed by atoms with Gasteiger partial charge in [0, 0.05) is 0 Å². The first-order valence-electron chi connectivity index (χ1n) is 20.1. The van der Waals surface area contributed by atoms with Gasteiger partial charge in [-0.15, -0.1) is 0 Å². The number of hydrogen-bond acceptors (Lipinski definition) is 6. The molecule has 0 heterocycles. The van der Waals surface area contributed by atoms with Gasteiger partial charge in [-0.3, -0.25) is 0 Å². The normalized spacial score (nSPS) is 18.6. The molecule has 0 spiro atoms. The third kappa shape index (κ3) is 8.92. The number of benzene rings is 3. The number of ether oxygens (including phenoxy) is 6. The van der Waals surface area contributed by atoms with Crippen LogP contribution in [-0.4, -0.2) is 41.2 Å². The SMILES string of the molecule is COc1cc2c(cc1OCC1CCCCC1)Cc1cc(OC)c(OCC3CCCCC3)cc1Cc1cc(OC)c(OCC3CCCCC3)cc1C2. The molecular formula is C45H60O6. The van der Waals surface area contributed by atoms with E-state index >= 15 is 0 Å². The fourth-order valence-corrected chi connectivity index (χ4v) is 9.04. The average Bonchev–Trinajstić information content (AvgIpc) is 3.24. The zero-order valence-electron chi connectivity index (χ0n) is 31.5. The van der Waals surface area contributed by atoms with Crippen molar-refractivity contribution in [1.29, 1.82) is 0 Å². The first-order valence-corrected chi connectivity index (χ1v) is 20.1. The molecular weight excluding hydrogens is 636 g/mol. The van der Waals surface area contributed by atoms with Crippen molar-refractivity contribution < 1.29 is 28.4 Å². The summed E-state index contributed by atoms with van der Waals surface area (Å²) >= 11 is 0. The minimum atomic E-state index is 0.611. The second-order valence-corrected chi connectivity index (χ2v) is 15.8. The van der Waals surface area contributed by atoms with Gasteiger partial charge in [0.25, 0.3) is 0 Å². The van der Waals surface area contributed by atoms with Gasteiger partial charge in [-0.05, 0) is 145 Å². The largest absolute Gasteiger partial charge is 0.493 e.